The van der Waals surface area contributed by atoms with Gasteiger partial charge in [0.25, 0.3) is 0 Å². The van der Waals surface area contributed by atoms with E-state index in [1.807, 2.05) is 0 Å². The molecule has 0 spiro atoms. The smallest absolute Gasteiger partial charge is 0.416 e. The van der Waals surface area contributed by atoms with Crippen molar-refractivity contribution in [1.82, 2.24) is 0 Å². The third kappa shape index (κ3) is 9.40. The van der Waals surface area contributed by atoms with Gasteiger partial charge >= 0.3 is 6.18 Å². The minimum Gasteiger partial charge on any atom is -0.495 e. The molecule has 0 aliphatic rings. The average molecular weight is 459 g/mol. The number of anilines is 1. The summed E-state index contributed by atoms with van der Waals surface area (Å²) in [5.74, 6) is 0.240. The topological polar surface area (TPSA) is 59.9 Å². The summed E-state index contributed by atoms with van der Waals surface area (Å²) < 4.78 is 49.9. The number of methoxy groups -OCH3 is 2. The second-order valence-corrected chi connectivity index (χ2v) is 7.29. The fraction of sp³-hybridized carbons (Fsp3) is 0.364. The van der Waals surface area contributed by atoms with Gasteiger partial charge in [0.2, 0.25) is 0 Å². The minimum atomic E-state index is -4.50. The first-order chi connectivity index (χ1) is 14.5. The molecular formula is C22H26ClF3N2O3. The highest BCUT2D eigenvalue weighted by molar-refractivity contribution is 6.64. The van der Waals surface area contributed by atoms with Crippen molar-refractivity contribution in [2.75, 3.05) is 19.5 Å². The van der Waals surface area contributed by atoms with Crippen molar-refractivity contribution in [3.63, 3.8) is 0 Å². The number of hydrogen-bond acceptors (Lipinski definition) is 5. The van der Waals surface area contributed by atoms with Crippen LogP contribution in [0.3, 0.4) is 0 Å². The molecule has 0 amide bonds. The van der Waals surface area contributed by atoms with Crippen molar-refractivity contribution in [1.29, 1.82) is 0 Å². The molecule has 1 aromatic rings. The van der Waals surface area contributed by atoms with Gasteiger partial charge < -0.3 is 19.6 Å². The van der Waals surface area contributed by atoms with Gasteiger partial charge in [-0.3, -0.25) is 0 Å². The largest absolute Gasteiger partial charge is 0.495 e. The molecule has 0 radical (unpaired) electrons. The predicted molar refractivity (Wildman–Crippen MR) is 118 cm³/mol. The van der Waals surface area contributed by atoms with Crippen LogP contribution in [0, 0.1) is 0 Å². The lowest BCUT2D eigenvalue weighted by molar-refractivity contribution is -0.137. The standard InChI is InChI=1S/C22H26ClF3N2O3/c1-16(23)27-12-8-6-5-7-9-18(14-21(2,15-29)31-4)28-19-13-17(22(24,25)26)10-11-20(19)30-3/h5-13,15,18,28H,14H2,1-4H3/b6-5-,9-7+,12-8+,27-16+. The first-order valence-corrected chi connectivity index (χ1v) is 9.65. The number of nitrogens with one attached hydrogen (secondary N) is 1. The molecule has 31 heavy (non-hydrogen) atoms. The minimum absolute atomic E-state index is 0.145. The number of hydrogen-bond donors (Lipinski definition) is 1. The summed E-state index contributed by atoms with van der Waals surface area (Å²) in [4.78, 5) is 15.3. The van der Waals surface area contributed by atoms with Gasteiger partial charge in [-0.2, -0.15) is 13.2 Å². The number of carbonyl (C=O) groups is 1. The van der Waals surface area contributed by atoms with Crippen molar-refractivity contribution in [3.05, 3.63) is 60.3 Å². The van der Waals surface area contributed by atoms with E-state index in [0.717, 1.165) is 12.1 Å². The molecule has 0 aliphatic carbocycles. The summed E-state index contributed by atoms with van der Waals surface area (Å²) >= 11 is 5.62. The van der Waals surface area contributed by atoms with Gasteiger partial charge in [0.15, 0.2) is 6.29 Å². The first-order valence-electron chi connectivity index (χ1n) is 9.28. The Kier molecular flexibility index (Phi) is 10.5. The SMILES string of the molecule is COc1ccc(C(F)(F)F)cc1NC(/C=C/C=C\C=C\N=C(/C)Cl)CC(C)(C=O)OC. The van der Waals surface area contributed by atoms with E-state index in [4.69, 9.17) is 21.1 Å². The van der Waals surface area contributed by atoms with Gasteiger partial charge in [-0.15, -0.1) is 0 Å². The monoisotopic (exact) mass is 458 g/mol. The highest BCUT2D eigenvalue weighted by Gasteiger charge is 2.32. The quantitative estimate of drug-likeness (QED) is 0.260. The van der Waals surface area contributed by atoms with Crippen molar-refractivity contribution in [2.24, 2.45) is 4.99 Å². The lowest BCUT2D eigenvalue weighted by Crippen LogP contribution is -2.36. The van der Waals surface area contributed by atoms with Crippen molar-refractivity contribution < 1.29 is 27.4 Å². The number of ether oxygens (including phenoxy) is 2. The van der Waals surface area contributed by atoms with E-state index in [2.05, 4.69) is 10.3 Å². The molecule has 1 aromatic carbocycles. The van der Waals surface area contributed by atoms with Crippen LogP contribution in [0.1, 0.15) is 25.8 Å². The summed E-state index contributed by atoms with van der Waals surface area (Å²) in [5.41, 5.74) is -1.80. The van der Waals surface area contributed by atoms with Gasteiger partial charge in [0.05, 0.1) is 18.4 Å². The Labute approximate surface area is 185 Å². The number of carbonyl (C=O) groups excluding carboxylic acids is 1. The van der Waals surface area contributed by atoms with Crippen LogP contribution in [-0.2, 0) is 15.7 Å². The molecule has 2 atom stereocenters. The zero-order valence-corrected chi connectivity index (χ0v) is 18.5. The normalized spacial score (nSPS) is 16.1. The molecule has 0 fully saturated rings. The van der Waals surface area contributed by atoms with Crippen molar-refractivity contribution in [2.45, 2.75) is 38.1 Å². The van der Waals surface area contributed by atoms with Crippen LogP contribution in [0.4, 0.5) is 18.9 Å². The highest BCUT2D eigenvalue weighted by atomic mass is 35.5. The number of allylic oxidation sites excluding steroid dienone is 4. The number of alkyl halides is 3. The van der Waals surface area contributed by atoms with E-state index in [0.29, 0.717) is 11.5 Å². The van der Waals surface area contributed by atoms with Crippen LogP contribution in [0.15, 0.2) is 59.8 Å². The van der Waals surface area contributed by atoms with Crippen molar-refractivity contribution in [3.8, 4) is 5.75 Å². The molecular weight excluding hydrogens is 433 g/mol. The Morgan fingerprint density at radius 3 is 2.45 bits per heavy atom. The number of aliphatic imine (C=N–C) groups is 1. The lowest BCUT2D eigenvalue weighted by Gasteiger charge is -2.27. The van der Waals surface area contributed by atoms with E-state index in [9.17, 15) is 18.0 Å². The van der Waals surface area contributed by atoms with E-state index in [1.54, 1.807) is 44.2 Å². The zero-order chi connectivity index (χ0) is 23.5. The second-order valence-electron chi connectivity index (χ2n) is 6.74. The molecule has 1 rings (SSSR count). The van der Waals surface area contributed by atoms with E-state index in [1.165, 1.54) is 26.5 Å². The van der Waals surface area contributed by atoms with E-state index >= 15 is 0 Å². The summed E-state index contributed by atoms with van der Waals surface area (Å²) in [6.07, 6.45) is 6.32. The highest BCUT2D eigenvalue weighted by Crippen LogP contribution is 2.35. The Balaban J connectivity index is 3.16. The Morgan fingerprint density at radius 2 is 1.90 bits per heavy atom. The maximum absolute atomic E-state index is 13.1. The molecule has 9 heteroatoms. The molecule has 0 heterocycles. The van der Waals surface area contributed by atoms with Crippen LogP contribution in [0.5, 0.6) is 5.75 Å². The Hall–Kier alpha value is -2.58. The maximum atomic E-state index is 13.1. The lowest BCUT2D eigenvalue weighted by atomic mass is 9.97. The summed E-state index contributed by atoms with van der Waals surface area (Å²) in [7, 11) is 2.76. The van der Waals surface area contributed by atoms with Gasteiger partial charge in [-0.05, 0) is 38.1 Å². The second kappa shape index (κ2) is 12.3. The van der Waals surface area contributed by atoms with Gasteiger partial charge in [0, 0.05) is 25.8 Å². The van der Waals surface area contributed by atoms with E-state index in [-0.39, 0.29) is 17.9 Å². The molecule has 170 valence electrons. The predicted octanol–water partition coefficient (Wildman–Crippen LogP) is 5.77. The average Bonchev–Trinajstić information content (AvgIpc) is 2.71. The Bertz CT molecular complexity index is 847. The van der Waals surface area contributed by atoms with E-state index < -0.39 is 23.4 Å². The van der Waals surface area contributed by atoms with Gasteiger partial charge in [-0.25, -0.2) is 4.99 Å². The number of aldehydes is 1. The molecule has 2 unspecified atom stereocenters. The summed E-state index contributed by atoms with van der Waals surface area (Å²) in [5, 5.41) is 3.41. The third-order valence-electron chi connectivity index (χ3n) is 4.22. The van der Waals surface area contributed by atoms with Crippen LogP contribution in [0.2, 0.25) is 0 Å². The molecule has 0 aliphatic heterocycles. The fourth-order valence-corrected chi connectivity index (χ4v) is 2.56. The third-order valence-corrected chi connectivity index (χ3v) is 4.32. The molecule has 0 saturated heterocycles. The molecule has 0 aromatic heterocycles. The summed E-state index contributed by atoms with van der Waals surface area (Å²) in [6, 6.07) is 2.62. The van der Waals surface area contributed by atoms with Crippen LogP contribution in [-0.4, -0.2) is 37.3 Å². The number of halogens is 4. The molecule has 5 nitrogen and oxygen atoms in total. The fourth-order valence-electron chi connectivity index (χ4n) is 2.50. The maximum Gasteiger partial charge on any atom is 0.416 e. The zero-order valence-electron chi connectivity index (χ0n) is 17.7. The number of nitrogens with zero attached hydrogens (tertiary/aromatic N) is 1. The number of rotatable bonds is 11. The Morgan fingerprint density at radius 1 is 1.23 bits per heavy atom. The molecule has 0 saturated carbocycles. The van der Waals surface area contributed by atoms with Crippen LogP contribution < -0.4 is 10.1 Å². The van der Waals surface area contributed by atoms with Crippen LogP contribution in [0.25, 0.3) is 0 Å². The van der Waals surface area contributed by atoms with Gasteiger partial charge in [0.1, 0.15) is 16.5 Å². The molecule has 1 N–H and O–H groups in total. The number of benzene rings is 1. The summed E-state index contributed by atoms with van der Waals surface area (Å²) in [6.45, 7) is 3.24. The van der Waals surface area contributed by atoms with Crippen LogP contribution >= 0.6 is 11.6 Å². The van der Waals surface area contributed by atoms with Gasteiger partial charge in [-0.1, -0.05) is 35.9 Å². The molecule has 0 bridgehead atoms. The first kappa shape index (κ1) is 26.5. The van der Waals surface area contributed by atoms with Crippen molar-refractivity contribution >= 4 is 28.7 Å².